The van der Waals surface area contributed by atoms with Crippen LogP contribution in [0.25, 0.3) is 10.9 Å². The molecule has 0 fully saturated rings. The Morgan fingerprint density at radius 3 is 2.39 bits per heavy atom. The molecule has 1 aromatic heterocycles. The Hall–Kier alpha value is -3.15. The fraction of sp³-hybridized carbons (Fsp3) is 0.318. The molecule has 6 nitrogen and oxygen atoms in total. The maximum atomic E-state index is 11.8. The van der Waals surface area contributed by atoms with Gasteiger partial charge in [0.2, 0.25) is 0 Å². The van der Waals surface area contributed by atoms with Gasteiger partial charge in [0.05, 0.1) is 7.11 Å². The lowest BCUT2D eigenvalue weighted by Crippen LogP contribution is -2.33. The average Bonchev–Trinajstić information content (AvgIpc) is 3.03. The van der Waals surface area contributed by atoms with E-state index >= 15 is 0 Å². The van der Waals surface area contributed by atoms with Crippen molar-refractivity contribution in [2.75, 3.05) is 13.7 Å². The molecule has 6 heteroatoms. The van der Waals surface area contributed by atoms with E-state index in [2.05, 4.69) is 10.3 Å². The van der Waals surface area contributed by atoms with Gasteiger partial charge in [-0.3, -0.25) is 0 Å². The summed E-state index contributed by atoms with van der Waals surface area (Å²) in [4.78, 5) is 15.0. The number of aromatic nitrogens is 1. The van der Waals surface area contributed by atoms with Gasteiger partial charge in [0.25, 0.3) is 0 Å². The summed E-state index contributed by atoms with van der Waals surface area (Å²) >= 11 is 0. The van der Waals surface area contributed by atoms with E-state index in [1.54, 1.807) is 7.11 Å². The van der Waals surface area contributed by atoms with E-state index in [0.29, 0.717) is 13.0 Å². The van der Waals surface area contributed by atoms with E-state index in [4.69, 9.17) is 14.2 Å². The van der Waals surface area contributed by atoms with Gasteiger partial charge in [-0.15, -0.1) is 0 Å². The molecular formula is C22H26N2O4. The second kappa shape index (κ2) is 8.25. The molecule has 1 amide bonds. The number of rotatable bonds is 6. The third-order valence-corrected chi connectivity index (χ3v) is 4.10. The van der Waals surface area contributed by atoms with Gasteiger partial charge in [-0.25, -0.2) is 4.79 Å². The van der Waals surface area contributed by atoms with Crippen LogP contribution in [0.4, 0.5) is 4.79 Å². The van der Waals surface area contributed by atoms with Crippen LogP contribution < -0.4 is 14.8 Å². The van der Waals surface area contributed by atoms with Gasteiger partial charge < -0.3 is 24.5 Å². The minimum absolute atomic E-state index is 0.407. The third-order valence-electron chi connectivity index (χ3n) is 4.10. The first-order valence-corrected chi connectivity index (χ1v) is 9.23. The van der Waals surface area contributed by atoms with Gasteiger partial charge >= 0.3 is 6.09 Å². The summed E-state index contributed by atoms with van der Waals surface area (Å²) in [6, 6.07) is 13.4. The zero-order chi connectivity index (χ0) is 20.1. The molecule has 2 aromatic carbocycles. The largest absolute Gasteiger partial charge is 0.497 e. The highest BCUT2D eigenvalue weighted by Crippen LogP contribution is 2.28. The van der Waals surface area contributed by atoms with Crippen molar-refractivity contribution in [3.8, 4) is 17.2 Å². The number of carbonyl (C=O) groups excluding carboxylic acids is 1. The Balaban J connectivity index is 1.65. The summed E-state index contributed by atoms with van der Waals surface area (Å²) < 4.78 is 16.4. The Morgan fingerprint density at radius 2 is 1.71 bits per heavy atom. The Kier molecular flexibility index (Phi) is 5.78. The smallest absolute Gasteiger partial charge is 0.407 e. The molecule has 148 valence electrons. The van der Waals surface area contributed by atoms with E-state index < -0.39 is 11.7 Å². The topological polar surface area (TPSA) is 72.6 Å². The standard InChI is InChI=1S/C22H26N2O4/c1-22(2,3)28-21(25)23-12-11-15-14-24-20-10-9-18(13-19(15)20)27-17-7-5-16(26-4)6-8-17/h5-10,13-14,24H,11-12H2,1-4H3,(H,23,25). The molecule has 0 saturated heterocycles. The second-order valence-corrected chi connectivity index (χ2v) is 7.48. The number of hydrogen-bond acceptors (Lipinski definition) is 4. The molecule has 0 aliphatic rings. The molecule has 0 atom stereocenters. The van der Waals surface area contributed by atoms with E-state index in [-0.39, 0.29) is 0 Å². The summed E-state index contributed by atoms with van der Waals surface area (Å²) in [6.07, 6.45) is 2.24. The number of benzene rings is 2. The van der Waals surface area contributed by atoms with Gasteiger partial charge in [0.15, 0.2) is 0 Å². The fourth-order valence-corrected chi connectivity index (χ4v) is 2.82. The minimum Gasteiger partial charge on any atom is -0.497 e. The zero-order valence-electron chi connectivity index (χ0n) is 16.7. The van der Waals surface area contributed by atoms with Gasteiger partial charge in [0, 0.05) is 23.6 Å². The molecule has 28 heavy (non-hydrogen) atoms. The molecule has 3 rings (SSSR count). The van der Waals surface area contributed by atoms with Gasteiger partial charge in [-0.05, 0) is 75.2 Å². The number of alkyl carbamates (subject to hydrolysis) is 1. The lowest BCUT2D eigenvalue weighted by atomic mass is 10.1. The minimum atomic E-state index is -0.501. The molecule has 1 heterocycles. The van der Waals surface area contributed by atoms with Crippen LogP contribution in [0, 0.1) is 0 Å². The third kappa shape index (κ3) is 5.19. The van der Waals surface area contributed by atoms with Crippen molar-refractivity contribution in [2.24, 2.45) is 0 Å². The van der Waals surface area contributed by atoms with Crippen molar-refractivity contribution in [3.05, 3.63) is 54.2 Å². The van der Waals surface area contributed by atoms with Crippen molar-refractivity contribution in [2.45, 2.75) is 32.8 Å². The van der Waals surface area contributed by atoms with Crippen LogP contribution in [-0.2, 0) is 11.2 Å². The SMILES string of the molecule is COc1ccc(Oc2ccc3[nH]cc(CCNC(=O)OC(C)(C)C)c3c2)cc1. The lowest BCUT2D eigenvalue weighted by Gasteiger charge is -2.19. The molecule has 3 aromatic rings. The molecule has 0 saturated carbocycles. The first-order valence-electron chi connectivity index (χ1n) is 9.23. The van der Waals surface area contributed by atoms with Crippen molar-refractivity contribution in [1.29, 1.82) is 0 Å². The Bertz CT molecular complexity index is 939. The molecule has 2 N–H and O–H groups in total. The maximum Gasteiger partial charge on any atom is 0.407 e. The van der Waals surface area contributed by atoms with E-state index in [9.17, 15) is 4.79 Å². The number of ether oxygens (including phenoxy) is 3. The van der Waals surface area contributed by atoms with Gasteiger partial charge in [-0.2, -0.15) is 0 Å². The number of methoxy groups -OCH3 is 1. The number of H-pyrrole nitrogens is 1. The molecule has 0 unspecified atom stereocenters. The summed E-state index contributed by atoms with van der Waals surface area (Å²) in [6.45, 7) is 6.02. The number of nitrogens with one attached hydrogen (secondary N) is 2. The first-order chi connectivity index (χ1) is 13.3. The fourth-order valence-electron chi connectivity index (χ4n) is 2.82. The van der Waals surface area contributed by atoms with Crippen LogP contribution in [-0.4, -0.2) is 30.3 Å². The number of aromatic amines is 1. The quantitative estimate of drug-likeness (QED) is 0.627. The van der Waals surface area contributed by atoms with Gasteiger partial charge in [0.1, 0.15) is 22.8 Å². The van der Waals surface area contributed by atoms with Gasteiger partial charge in [-0.1, -0.05) is 0 Å². The predicted octanol–water partition coefficient (Wildman–Crippen LogP) is 5.04. The molecule has 0 aliphatic carbocycles. The molecule has 0 radical (unpaired) electrons. The van der Waals surface area contributed by atoms with E-state index in [1.807, 2.05) is 69.4 Å². The van der Waals surface area contributed by atoms with Crippen LogP contribution in [0.1, 0.15) is 26.3 Å². The van der Waals surface area contributed by atoms with Crippen LogP contribution >= 0.6 is 0 Å². The highest BCUT2D eigenvalue weighted by Gasteiger charge is 2.15. The predicted molar refractivity (Wildman–Crippen MR) is 109 cm³/mol. The van der Waals surface area contributed by atoms with E-state index in [1.165, 1.54) is 0 Å². The highest BCUT2D eigenvalue weighted by molar-refractivity contribution is 5.84. The number of amides is 1. The lowest BCUT2D eigenvalue weighted by molar-refractivity contribution is 0.0528. The molecule has 0 spiro atoms. The summed E-state index contributed by atoms with van der Waals surface area (Å²) in [5.74, 6) is 2.27. The van der Waals surface area contributed by atoms with Crippen LogP contribution in [0.15, 0.2) is 48.7 Å². The van der Waals surface area contributed by atoms with Crippen molar-refractivity contribution >= 4 is 17.0 Å². The number of fused-ring (bicyclic) bond motifs is 1. The highest BCUT2D eigenvalue weighted by atomic mass is 16.6. The Labute approximate surface area is 164 Å². The second-order valence-electron chi connectivity index (χ2n) is 7.48. The zero-order valence-corrected chi connectivity index (χ0v) is 16.7. The summed E-state index contributed by atoms with van der Waals surface area (Å²) in [5.41, 5.74) is 1.62. The van der Waals surface area contributed by atoms with Crippen molar-refractivity contribution in [1.82, 2.24) is 10.3 Å². The van der Waals surface area contributed by atoms with Crippen LogP contribution in [0.5, 0.6) is 17.2 Å². The Morgan fingerprint density at radius 1 is 1.04 bits per heavy atom. The van der Waals surface area contributed by atoms with Crippen LogP contribution in [0.3, 0.4) is 0 Å². The summed E-state index contributed by atoms with van der Waals surface area (Å²) in [5, 5.41) is 3.86. The van der Waals surface area contributed by atoms with E-state index in [0.717, 1.165) is 33.7 Å². The monoisotopic (exact) mass is 382 g/mol. The number of carbonyl (C=O) groups is 1. The molecule has 0 bridgehead atoms. The summed E-state index contributed by atoms with van der Waals surface area (Å²) in [7, 11) is 1.63. The van der Waals surface area contributed by atoms with Crippen molar-refractivity contribution < 1.29 is 19.0 Å². The van der Waals surface area contributed by atoms with Crippen LogP contribution in [0.2, 0.25) is 0 Å². The maximum absolute atomic E-state index is 11.8. The molecule has 0 aliphatic heterocycles. The average molecular weight is 382 g/mol. The normalized spacial score (nSPS) is 11.3. The van der Waals surface area contributed by atoms with Crippen molar-refractivity contribution in [3.63, 3.8) is 0 Å². The number of hydrogen-bond donors (Lipinski definition) is 2. The molecular weight excluding hydrogens is 356 g/mol. The first kappa shape index (κ1) is 19.6.